The van der Waals surface area contributed by atoms with Crippen LogP contribution in [0.5, 0.6) is 11.5 Å². The molecule has 0 spiro atoms. The fourth-order valence-electron chi connectivity index (χ4n) is 3.31. The highest BCUT2D eigenvalue weighted by Gasteiger charge is 2.30. The van der Waals surface area contributed by atoms with Crippen LogP contribution in [0, 0.1) is 0 Å². The first-order valence-electron chi connectivity index (χ1n) is 9.66. The van der Waals surface area contributed by atoms with Crippen LogP contribution in [0.3, 0.4) is 0 Å². The lowest BCUT2D eigenvalue weighted by Crippen LogP contribution is -2.23. The molecule has 0 aromatic heterocycles. The zero-order chi connectivity index (χ0) is 21.1. The Morgan fingerprint density at radius 3 is 2.43 bits per heavy atom. The van der Waals surface area contributed by atoms with Crippen molar-refractivity contribution in [1.82, 2.24) is 0 Å². The summed E-state index contributed by atoms with van der Waals surface area (Å²) in [5, 5.41) is 0. The fraction of sp³-hybridized carbons (Fsp3) is 0.174. The molecule has 0 radical (unpaired) electrons. The van der Waals surface area contributed by atoms with Gasteiger partial charge in [0, 0.05) is 17.3 Å². The maximum absolute atomic E-state index is 12.9. The monoisotopic (exact) mass is 423 g/mol. The Balaban J connectivity index is 1.69. The van der Waals surface area contributed by atoms with E-state index in [1.54, 1.807) is 53.4 Å². The molecule has 154 valence electrons. The zero-order valence-electron chi connectivity index (χ0n) is 16.4. The molecule has 6 nitrogen and oxygen atoms in total. The van der Waals surface area contributed by atoms with Crippen LogP contribution in [-0.4, -0.2) is 20.9 Å². The van der Waals surface area contributed by atoms with Crippen LogP contribution in [0.4, 0.5) is 5.69 Å². The van der Waals surface area contributed by atoms with Gasteiger partial charge in [0.2, 0.25) is 0 Å². The van der Waals surface area contributed by atoms with Crippen LogP contribution in [0.2, 0.25) is 0 Å². The van der Waals surface area contributed by atoms with Crippen LogP contribution in [0.1, 0.15) is 29.3 Å². The molecule has 0 N–H and O–H groups in total. The first-order valence-corrected chi connectivity index (χ1v) is 11.1. The molecule has 1 aliphatic rings. The van der Waals surface area contributed by atoms with Gasteiger partial charge in [-0.3, -0.25) is 4.79 Å². The lowest BCUT2D eigenvalue weighted by Gasteiger charge is -2.19. The van der Waals surface area contributed by atoms with Gasteiger partial charge in [0.05, 0.1) is 13.2 Å². The van der Waals surface area contributed by atoms with Gasteiger partial charge in [-0.1, -0.05) is 43.3 Å². The molecule has 4 rings (SSSR count). The van der Waals surface area contributed by atoms with E-state index in [2.05, 4.69) is 0 Å². The predicted octanol–water partition coefficient (Wildman–Crippen LogP) is 4.40. The van der Waals surface area contributed by atoms with E-state index in [0.29, 0.717) is 30.8 Å². The van der Waals surface area contributed by atoms with Crippen LogP contribution in [0.25, 0.3) is 0 Å². The van der Waals surface area contributed by atoms with Gasteiger partial charge in [0.1, 0.15) is 16.4 Å². The lowest BCUT2D eigenvalue weighted by atomic mass is 10.1. The second kappa shape index (κ2) is 8.20. The molecule has 0 unspecified atom stereocenters. The summed E-state index contributed by atoms with van der Waals surface area (Å²) in [6.07, 6.45) is 0.706. The predicted molar refractivity (Wildman–Crippen MR) is 113 cm³/mol. The van der Waals surface area contributed by atoms with Gasteiger partial charge in [-0.05, 0) is 42.3 Å². The van der Waals surface area contributed by atoms with Gasteiger partial charge in [0.25, 0.3) is 5.91 Å². The van der Waals surface area contributed by atoms with Gasteiger partial charge < -0.3 is 13.8 Å². The number of benzene rings is 3. The third-order valence-electron chi connectivity index (χ3n) is 4.74. The summed E-state index contributed by atoms with van der Waals surface area (Å²) in [5.41, 5.74) is 2.15. The molecule has 7 heteroatoms. The summed E-state index contributed by atoms with van der Waals surface area (Å²) in [6.45, 7) is 2.69. The first-order chi connectivity index (χ1) is 14.5. The minimum Gasteiger partial charge on any atom is -0.492 e. The van der Waals surface area contributed by atoms with Crippen molar-refractivity contribution in [2.75, 3.05) is 11.5 Å². The van der Waals surface area contributed by atoms with Crippen LogP contribution in [-0.2, 0) is 16.7 Å². The smallest absolute Gasteiger partial charge is 0.342 e. The summed E-state index contributed by atoms with van der Waals surface area (Å²) >= 11 is 0. The Morgan fingerprint density at radius 1 is 0.967 bits per heavy atom. The minimum absolute atomic E-state index is 0.0762. The molecular formula is C23H21NO5S. The van der Waals surface area contributed by atoms with Gasteiger partial charge >= 0.3 is 10.1 Å². The summed E-state index contributed by atoms with van der Waals surface area (Å²) in [5.74, 6) is 0.255. The van der Waals surface area contributed by atoms with E-state index in [9.17, 15) is 13.2 Å². The number of nitrogens with zero attached hydrogens (tertiary/aromatic N) is 1. The summed E-state index contributed by atoms with van der Waals surface area (Å²) < 4.78 is 36.7. The van der Waals surface area contributed by atoms with Crippen molar-refractivity contribution >= 4 is 21.7 Å². The van der Waals surface area contributed by atoms with Crippen molar-refractivity contribution in [1.29, 1.82) is 0 Å². The molecule has 0 saturated heterocycles. The molecule has 0 saturated carbocycles. The van der Waals surface area contributed by atoms with Gasteiger partial charge in [-0.25, -0.2) is 0 Å². The zero-order valence-corrected chi connectivity index (χ0v) is 17.3. The number of fused-ring (bicyclic) bond motifs is 1. The number of para-hydroxylation sites is 1. The van der Waals surface area contributed by atoms with Crippen molar-refractivity contribution in [2.24, 2.45) is 0 Å². The quantitative estimate of drug-likeness (QED) is 0.527. The van der Waals surface area contributed by atoms with Crippen molar-refractivity contribution < 1.29 is 22.1 Å². The number of hydrogen-bond acceptors (Lipinski definition) is 5. The van der Waals surface area contributed by atoms with Gasteiger partial charge in [-0.2, -0.15) is 8.42 Å². The number of carbonyl (C=O) groups excluding carboxylic acids is 1. The largest absolute Gasteiger partial charge is 0.492 e. The number of rotatable bonds is 7. The lowest BCUT2D eigenvalue weighted by molar-refractivity contribution is 0.0996. The second-order valence-electron chi connectivity index (χ2n) is 6.88. The SMILES string of the molecule is CCCOc1cc(N2Cc3ccccc3C2=O)ccc1S(=O)(=O)Oc1ccccc1. The Morgan fingerprint density at radius 2 is 1.70 bits per heavy atom. The Hall–Kier alpha value is -3.32. The number of hydrogen-bond donors (Lipinski definition) is 0. The van der Waals surface area contributed by atoms with E-state index in [-0.39, 0.29) is 22.3 Å². The molecule has 0 atom stereocenters. The van der Waals surface area contributed by atoms with Crippen LogP contribution >= 0.6 is 0 Å². The maximum atomic E-state index is 12.9. The topological polar surface area (TPSA) is 72.9 Å². The van der Waals surface area contributed by atoms with Gasteiger partial charge in [0.15, 0.2) is 0 Å². The molecule has 1 aliphatic heterocycles. The fourth-order valence-corrected chi connectivity index (χ4v) is 4.36. The standard InChI is InChI=1S/C23H21NO5S/c1-2-14-28-21-15-18(24-16-17-8-6-7-11-20(17)23(24)25)12-13-22(21)30(26,27)29-19-9-4-3-5-10-19/h3-13,15H,2,14,16H2,1H3. The van der Waals surface area contributed by atoms with E-state index in [0.717, 1.165) is 5.56 Å². The molecule has 1 amide bonds. The highest BCUT2D eigenvalue weighted by Crippen LogP contribution is 2.35. The Labute approximate surface area is 175 Å². The van der Waals surface area contributed by atoms with Gasteiger partial charge in [-0.15, -0.1) is 0 Å². The Bertz CT molecular complexity index is 1180. The molecule has 1 heterocycles. The normalized spacial score (nSPS) is 13.2. The van der Waals surface area contributed by atoms with E-state index < -0.39 is 10.1 Å². The number of ether oxygens (including phenoxy) is 1. The number of carbonyl (C=O) groups is 1. The van der Waals surface area contributed by atoms with Crippen molar-refractivity contribution in [3.8, 4) is 11.5 Å². The highest BCUT2D eigenvalue weighted by atomic mass is 32.2. The van der Waals surface area contributed by atoms with E-state index in [1.807, 2.05) is 25.1 Å². The summed E-state index contributed by atoms with van der Waals surface area (Å²) in [6, 6.07) is 20.3. The van der Waals surface area contributed by atoms with E-state index in [4.69, 9.17) is 8.92 Å². The molecule has 30 heavy (non-hydrogen) atoms. The molecule has 0 fully saturated rings. The van der Waals surface area contributed by atoms with Crippen molar-refractivity contribution in [2.45, 2.75) is 24.8 Å². The Kier molecular flexibility index (Phi) is 5.46. The number of anilines is 1. The maximum Gasteiger partial charge on any atom is 0.342 e. The first kappa shape index (κ1) is 20.0. The van der Waals surface area contributed by atoms with E-state index >= 15 is 0 Å². The van der Waals surface area contributed by atoms with Crippen LogP contribution < -0.4 is 13.8 Å². The van der Waals surface area contributed by atoms with E-state index in [1.165, 1.54) is 6.07 Å². The van der Waals surface area contributed by atoms with Crippen LogP contribution in [0.15, 0.2) is 77.7 Å². The van der Waals surface area contributed by atoms with Crippen molar-refractivity contribution in [3.05, 3.63) is 83.9 Å². The molecule has 3 aromatic carbocycles. The average Bonchev–Trinajstić information content (AvgIpc) is 3.09. The number of amides is 1. The third kappa shape index (κ3) is 3.89. The minimum atomic E-state index is -4.11. The third-order valence-corrected chi connectivity index (χ3v) is 6.03. The molecule has 0 aliphatic carbocycles. The molecule has 0 bridgehead atoms. The van der Waals surface area contributed by atoms with Crippen molar-refractivity contribution in [3.63, 3.8) is 0 Å². The summed E-state index contributed by atoms with van der Waals surface area (Å²) in [4.78, 5) is 14.3. The average molecular weight is 423 g/mol. The molecule has 3 aromatic rings. The summed E-state index contributed by atoms with van der Waals surface area (Å²) in [7, 11) is -4.11. The molecular weight excluding hydrogens is 402 g/mol. The highest BCUT2D eigenvalue weighted by molar-refractivity contribution is 7.87. The second-order valence-corrected chi connectivity index (χ2v) is 8.39.